The lowest BCUT2D eigenvalue weighted by molar-refractivity contribution is 0.0919. The molecule has 2 aromatic carbocycles. The van der Waals surface area contributed by atoms with Crippen LogP contribution in [0.25, 0.3) is 10.2 Å². The largest absolute Gasteiger partial charge is 0.457 e. The fraction of sp³-hybridized carbons (Fsp3) is 0.250. The number of nitrogens with zero attached hydrogens (tertiary/aromatic N) is 2. The van der Waals surface area contributed by atoms with E-state index in [-0.39, 0.29) is 18.0 Å². The van der Waals surface area contributed by atoms with E-state index >= 15 is 0 Å². The highest BCUT2D eigenvalue weighted by molar-refractivity contribution is 7.21. The van der Waals surface area contributed by atoms with Gasteiger partial charge in [-0.1, -0.05) is 25.1 Å². The molecule has 8 nitrogen and oxygen atoms in total. The first-order valence-corrected chi connectivity index (χ1v) is 13.2. The van der Waals surface area contributed by atoms with Crippen LogP contribution in [0.3, 0.4) is 0 Å². The molecule has 1 saturated heterocycles. The molecule has 188 valence electrons. The summed E-state index contributed by atoms with van der Waals surface area (Å²) in [6, 6.07) is 16.8. The van der Waals surface area contributed by atoms with Crippen LogP contribution in [0.5, 0.6) is 11.5 Å². The van der Waals surface area contributed by atoms with Gasteiger partial charge in [0.2, 0.25) is 0 Å². The van der Waals surface area contributed by atoms with Gasteiger partial charge in [0.15, 0.2) is 0 Å². The molecule has 4 heterocycles. The number of ether oxygens (including phenoxy) is 1. The first-order valence-electron chi connectivity index (χ1n) is 12.4. The van der Waals surface area contributed by atoms with Gasteiger partial charge in [0.25, 0.3) is 5.91 Å². The number of nitrogens with one attached hydrogen (secondary N) is 3. The predicted octanol–water partition coefficient (Wildman–Crippen LogP) is 5.81. The number of thiophene rings is 1. The number of benzene rings is 2. The molecule has 0 spiro atoms. The second-order valence-corrected chi connectivity index (χ2v) is 10.5. The van der Waals surface area contributed by atoms with Gasteiger partial charge in [-0.05, 0) is 74.3 Å². The number of urea groups is 1. The first-order chi connectivity index (χ1) is 18.0. The van der Waals surface area contributed by atoms with Crippen molar-refractivity contribution in [1.82, 2.24) is 15.6 Å². The van der Waals surface area contributed by atoms with Gasteiger partial charge in [-0.2, -0.15) is 0 Å². The number of amides is 3. The van der Waals surface area contributed by atoms with Gasteiger partial charge in [-0.15, -0.1) is 11.3 Å². The average molecular weight is 514 g/mol. The van der Waals surface area contributed by atoms with E-state index in [2.05, 4.69) is 27.9 Å². The highest BCUT2D eigenvalue weighted by atomic mass is 32.1. The number of piperidine rings is 1. The number of para-hydroxylation sites is 1. The Morgan fingerprint density at radius 1 is 1.14 bits per heavy atom. The standard InChI is InChI=1S/C28H27N5O3S/c1-16-14-19(36-18-6-4-3-5-7-18)8-9-21(16)33-22-11-13-30-27-23(22)24(32-28(33)35)25(37-27)26(34)31-20-10-12-29-15-17(20)2/h3-9,11,13-14,17,20,29H,10,12,15H2,1-2H3,(H,31,34)(H,32,35). The molecule has 2 unspecified atom stereocenters. The zero-order valence-corrected chi connectivity index (χ0v) is 21.4. The van der Waals surface area contributed by atoms with Crippen molar-refractivity contribution in [2.75, 3.05) is 23.3 Å². The van der Waals surface area contributed by atoms with Crippen LogP contribution in [-0.2, 0) is 0 Å². The smallest absolute Gasteiger partial charge is 0.331 e. The van der Waals surface area contributed by atoms with E-state index in [1.807, 2.05) is 61.5 Å². The van der Waals surface area contributed by atoms with Crippen LogP contribution < -0.4 is 25.6 Å². The molecule has 9 heteroatoms. The maximum Gasteiger partial charge on any atom is 0.331 e. The third kappa shape index (κ3) is 4.30. The summed E-state index contributed by atoms with van der Waals surface area (Å²) in [4.78, 5) is 34.1. The van der Waals surface area contributed by atoms with E-state index in [0.29, 0.717) is 32.7 Å². The Labute approximate surface area is 218 Å². The van der Waals surface area contributed by atoms with Crippen molar-refractivity contribution < 1.29 is 14.3 Å². The Morgan fingerprint density at radius 2 is 1.97 bits per heavy atom. The topological polar surface area (TPSA) is 95.6 Å². The molecule has 2 aromatic heterocycles. The molecule has 1 fully saturated rings. The normalized spacial score (nSPS) is 19.0. The van der Waals surface area contributed by atoms with Crippen molar-refractivity contribution in [1.29, 1.82) is 0 Å². The maximum atomic E-state index is 13.5. The van der Waals surface area contributed by atoms with Crippen LogP contribution in [0.15, 0.2) is 60.8 Å². The molecule has 3 amide bonds. The third-order valence-corrected chi connectivity index (χ3v) is 8.04. The summed E-state index contributed by atoms with van der Waals surface area (Å²) in [5.74, 6) is 1.59. The van der Waals surface area contributed by atoms with Crippen LogP contribution in [0.4, 0.5) is 21.9 Å². The lowest BCUT2D eigenvalue weighted by atomic mass is 9.95. The van der Waals surface area contributed by atoms with Gasteiger partial charge >= 0.3 is 6.03 Å². The second-order valence-electron chi connectivity index (χ2n) is 9.50. The number of pyridine rings is 1. The van der Waals surface area contributed by atoms with Crippen LogP contribution >= 0.6 is 11.3 Å². The van der Waals surface area contributed by atoms with Crippen molar-refractivity contribution in [3.8, 4) is 11.5 Å². The number of carbonyl (C=O) groups is 2. The van der Waals surface area contributed by atoms with Gasteiger partial charge < -0.3 is 20.7 Å². The molecule has 37 heavy (non-hydrogen) atoms. The van der Waals surface area contributed by atoms with E-state index in [4.69, 9.17) is 4.74 Å². The highest BCUT2D eigenvalue weighted by Gasteiger charge is 2.34. The number of aryl methyl sites for hydroxylation is 1. The highest BCUT2D eigenvalue weighted by Crippen LogP contribution is 2.46. The van der Waals surface area contributed by atoms with E-state index < -0.39 is 0 Å². The lowest BCUT2D eigenvalue weighted by Crippen LogP contribution is -2.48. The zero-order valence-electron chi connectivity index (χ0n) is 20.6. The van der Waals surface area contributed by atoms with E-state index in [1.54, 1.807) is 11.1 Å². The van der Waals surface area contributed by atoms with E-state index in [1.165, 1.54) is 11.3 Å². The van der Waals surface area contributed by atoms with Crippen LogP contribution in [0.1, 0.15) is 28.6 Å². The van der Waals surface area contributed by atoms with Gasteiger partial charge in [0.1, 0.15) is 21.2 Å². The number of anilines is 3. The lowest BCUT2D eigenvalue weighted by Gasteiger charge is -2.31. The Bertz CT molecular complexity index is 1500. The molecule has 2 atom stereocenters. The summed E-state index contributed by atoms with van der Waals surface area (Å²) in [7, 11) is 0. The zero-order chi connectivity index (χ0) is 25.5. The van der Waals surface area contributed by atoms with Gasteiger partial charge in [0.05, 0.1) is 22.4 Å². The summed E-state index contributed by atoms with van der Waals surface area (Å²) in [6.07, 6.45) is 2.56. The number of hydrogen-bond acceptors (Lipinski definition) is 6. The molecule has 6 rings (SSSR count). The van der Waals surface area contributed by atoms with Crippen molar-refractivity contribution in [2.45, 2.75) is 26.3 Å². The molecular formula is C28H27N5O3S. The Morgan fingerprint density at radius 3 is 2.76 bits per heavy atom. The summed E-state index contributed by atoms with van der Waals surface area (Å²) in [6.45, 7) is 5.82. The Kier molecular flexibility index (Phi) is 6.02. The second kappa shape index (κ2) is 9.49. The van der Waals surface area contributed by atoms with Crippen molar-refractivity contribution in [3.05, 3.63) is 71.2 Å². The average Bonchev–Trinajstić information content (AvgIpc) is 3.26. The minimum atomic E-state index is -0.317. The van der Waals surface area contributed by atoms with Crippen LogP contribution in [0.2, 0.25) is 0 Å². The summed E-state index contributed by atoms with van der Waals surface area (Å²) in [5, 5.41) is 10.3. The number of aromatic nitrogens is 1. The quantitative estimate of drug-likeness (QED) is 0.313. The van der Waals surface area contributed by atoms with Gasteiger partial charge in [-0.3, -0.25) is 9.69 Å². The third-order valence-electron chi connectivity index (χ3n) is 6.94. The SMILES string of the molecule is Cc1cc(Oc2ccccc2)ccc1N1C(=O)Nc2c(C(=O)NC3CCNCC3C)sc3nccc1c23. The number of hydrogen-bond donors (Lipinski definition) is 3. The summed E-state index contributed by atoms with van der Waals surface area (Å²) >= 11 is 1.31. The Hall–Kier alpha value is -3.95. The monoisotopic (exact) mass is 513 g/mol. The minimum Gasteiger partial charge on any atom is -0.457 e. The van der Waals surface area contributed by atoms with Crippen molar-refractivity contribution in [3.63, 3.8) is 0 Å². The fourth-order valence-electron chi connectivity index (χ4n) is 5.01. The van der Waals surface area contributed by atoms with Crippen LogP contribution in [-0.4, -0.2) is 36.1 Å². The van der Waals surface area contributed by atoms with Crippen LogP contribution in [0, 0.1) is 12.8 Å². The minimum absolute atomic E-state index is 0.0913. The molecule has 3 N–H and O–H groups in total. The van der Waals surface area contributed by atoms with Gasteiger partial charge in [0, 0.05) is 12.2 Å². The molecule has 0 bridgehead atoms. The molecule has 2 aliphatic rings. The number of carbonyl (C=O) groups excluding carboxylic acids is 2. The molecule has 0 radical (unpaired) electrons. The van der Waals surface area contributed by atoms with Gasteiger partial charge in [-0.25, -0.2) is 9.78 Å². The molecule has 0 saturated carbocycles. The van der Waals surface area contributed by atoms with E-state index in [9.17, 15) is 9.59 Å². The van der Waals surface area contributed by atoms with Crippen molar-refractivity contribution in [2.24, 2.45) is 5.92 Å². The van der Waals surface area contributed by atoms with Crippen molar-refractivity contribution >= 4 is 50.6 Å². The van der Waals surface area contributed by atoms with E-state index in [0.717, 1.165) is 41.9 Å². The predicted molar refractivity (Wildman–Crippen MR) is 146 cm³/mol. The molecule has 0 aliphatic carbocycles. The summed E-state index contributed by atoms with van der Waals surface area (Å²) in [5.41, 5.74) is 2.85. The molecule has 4 aromatic rings. The Balaban J connectivity index is 1.34. The summed E-state index contributed by atoms with van der Waals surface area (Å²) < 4.78 is 5.97. The molecule has 2 aliphatic heterocycles. The maximum absolute atomic E-state index is 13.5. The fourth-order valence-corrected chi connectivity index (χ4v) is 6.04. The molecular weight excluding hydrogens is 486 g/mol. The first kappa shape index (κ1) is 23.4. The number of rotatable bonds is 5.